The fourth-order valence-electron chi connectivity index (χ4n) is 1.44. The minimum Gasteiger partial charge on any atom is -0.475 e. The summed E-state index contributed by atoms with van der Waals surface area (Å²) in [4.78, 5) is 8.71. The molecule has 0 saturated carbocycles. The topological polar surface area (TPSA) is 34.5 Å². The van der Waals surface area contributed by atoms with Crippen LogP contribution in [-0.4, -0.2) is 23.0 Å². The number of rotatable bonds is 1. The smallest absolute Gasteiger partial charge is 0.218 e. The van der Waals surface area contributed by atoms with Crippen molar-refractivity contribution in [3.63, 3.8) is 0 Å². The van der Waals surface area contributed by atoms with Crippen LogP contribution in [0.1, 0.15) is 25.0 Å². The number of hydrogen-bond donors (Lipinski definition) is 0. The van der Waals surface area contributed by atoms with Gasteiger partial charge in [0.1, 0.15) is 6.61 Å². The van der Waals surface area contributed by atoms with E-state index < -0.39 is 0 Å². The van der Waals surface area contributed by atoms with Gasteiger partial charge in [-0.2, -0.15) is 0 Å². The average molecular weight is 316 g/mol. The highest BCUT2D eigenvalue weighted by atomic mass is 127. The van der Waals surface area contributed by atoms with Crippen LogP contribution in [0.3, 0.4) is 0 Å². The Hall–Kier alpha value is -0.650. The first-order valence-electron chi connectivity index (χ1n) is 4.83. The Morgan fingerprint density at radius 2 is 2.13 bits per heavy atom. The lowest BCUT2D eigenvalue weighted by atomic mass is 10.1. The van der Waals surface area contributed by atoms with Crippen LogP contribution in [0, 0.1) is 10.5 Å². The minimum atomic E-state index is -0.108. The second-order valence-electron chi connectivity index (χ2n) is 4.31. The molecule has 15 heavy (non-hydrogen) atoms. The molecule has 0 N–H and O–H groups in total. The van der Waals surface area contributed by atoms with Crippen LogP contribution in [0.15, 0.2) is 17.4 Å². The lowest BCUT2D eigenvalue weighted by Crippen LogP contribution is -2.17. The molecule has 0 amide bonds. The third-order valence-electron chi connectivity index (χ3n) is 2.35. The largest absolute Gasteiger partial charge is 0.475 e. The van der Waals surface area contributed by atoms with Gasteiger partial charge in [0.15, 0.2) is 0 Å². The molecule has 1 aliphatic heterocycles. The molecule has 0 saturated heterocycles. The molecular weight excluding hydrogens is 303 g/mol. The molecule has 0 spiro atoms. The molecule has 1 aliphatic rings. The highest BCUT2D eigenvalue weighted by Crippen LogP contribution is 2.23. The molecule has 0 aromatic carbocycles. The Morgan fingerprint density at radius 3 is 2.73 bits per heavy atom. The van der Waals surface area contributed by atoms with Gasteiger partial charge >= 0.3 is 0 Å². The number of halogens is 1. The fraction of sp³-hybridized carbons (Fsp3) is 0.455. The van der Waals surface area contributed by atoms with Crippen molar-refractivity contribution < 1.29 is 4.74 Å². The van der Waals surface area contributed by atoms with Crippen LogP contribution in [0.5, 0.6) is 0 Å². The third-order valence-corrected chi connectivity index (χ3v) is 3.44. The molecular formula is C11H13IN2O. The van der Waals surface area contributed by atoms with Crippen molar-refractivity contribution >= 4 is 28.5 Å². The summed E-state index contributed by atoms with van der Waals surface area (Å²) in [5.41, 5.74) is 2.08. The van der Waals surface area contributed by atoms with Crippen molar-refractivity contribution in [3.8, 4) is 0 Å². The van der Waals surface area contributed by atoms with E-state index in [1.54, 1.807) is 0 Å². The molecule has 0 aliphatic carbocycles. The lowest BCUT2D eigenvalue weighted by Gasteiger charge is -2.07. The summed E-state index contributed by atoms with van der Waals surface area (Å²) in [5, 5.41) is 0. The molecule has 0 bridgehead atoms. The first kappa shape index (κ1) is 10.9. The Kier molecular flexibility index (Phi) is 2.70. The summed E-state index contributed by atoms with van der Waals surface area (Å²) in [5.74, 6) is 0.725. The Labute approximate surface area is 103 Å². The van der Waals surface area contributed by atoms with Gasteiger partial charge in [-0.05, 0) is 48.9 Å². The van der Waals surface area contributed by atoms with Crippen molar-refractivity contribution in [1.82, 2.24) is 4.98 Å². The predicted molar refractivity (Wildman–Crippen MR) is 68.3 cm³/mol. The third kappa shape index (κ3) is 2.14. The molecule has 2 heterocycles. The van der Waals surface area contributed by atoms with E-state index in [2.05, 4.69) is 53.3 Å². The van der Waals surface area contributed by atoms with Crippen molar-refractivity contribution in [2.75, 3.05) is 6.61 Å². The molecule has 2 rings (SSSR count). The van der Waals surface area contributed by atoms with Crippen LogP contribution < -0.4 is 0 Å². The van der Waals surface area contributed by atoms with Crippen molar-refractivity contribution in [1.29, 1.82) is 0 Å². The molecule has 0 unspecified atom stereocenters. The van der Waals surface area contributed by atoms with E-state index in [0.717, 1.165) is 15.0 Å². The monoisotopic (exact) mass is 316 g/mol. The second kappa shape index (κ2) is 3.73. The van der Waals surface area contributed by atoms with E-state index in [4.69, 9.17) is 4.74 Å². The molecule has 3 nitrogen and oxygen atoms in total. The van der Waals surface area contributed by atoms with E-state index in [1.165, 1.54) is 5.56 Å². The molecule has 0 radical (unpaired) electrons. The van der Waals surface area contributed by atoms with E-state index in [1.807, 2.05) is 12.4 Å². The van der Waals surface area contributed by atoms with Gasteiger partial charge in [0.25, 0.3) is 0 Å². The van der Waals surface area contributed by atoms with Crippen LogP contribution >= 0.6 is 22.6 Å². The summed E-state index contributed by atoms with van der Waals surface area (Å²) in [6.07, 6.45) is 3.66. The number of aliphatic imine (C=N–C) groups is 1. The van der Waals surface area contributed by atoms with Crippen molar-refractivity contribution in [3.05, 3.63) is 27.1 Å². The Bertz CT molecular complexity index is 427. The van der Waals surface area contributed by atoms with Gasteiger partial charge in [-0.3, -0.25) is 4.98 Å². The van der Waals surface area contributed by atoms with E-state index in [0.29, 0.717) is 6.61 Å². The van der Waals surface area contributed by atoms with Crippen LogP contribution in [0.4, 0.5) is 0 Å². The van der Waals surface area contributed by atoms with E-state index in [9.17, 15) is 0 Å². The molecule has 0 atom stereocenters. The highest BCUT2D eigenvalue weighted by Gasteiger charge is 2.28. The van der Waals surface area contributed by atoms with Crippen molar-refractivity contribution in [2.24, 2.45) is 4.99 Å². The summed E-state index contributed by atoms with van der Waals surface area (Å²) >= 11 is 2.27. The summed E-state index contributed by atoms with van der Waals surface area (Å²) in [6.45, 7) is 6.84. The highest BCUT2D eigenvalue weighted by molar-refractivity contribution is 14.1. The molecule has 1 aromatic heterocycles. The molecule has 1 aromatic rings. The zero-order chi connectivity index (χ0) is 11.1. The lowest BCUT2D eigenvalue weighted by molar-refractivity contribution is 0.279. The molecule has 80 valence electrons. The van der Waals surface area contributed by atoms with E-state index in [-0.39, 0.29) is 5.54 Å². The number of hydrogen-bond acceptors (Lipinski definition) is 3. The van der Waals surface area contributed by atoms with E-state index >= 15 is 0 Å². The van der Waals surface area contributed by atoms with Crippen LogP contribution in [-0.2, 0) is 4.74 Å². The maximum absolute atomic E-state index is 5.60. The minimum absolute atomic E-state index is 0.108. The van der Waals surface area contributed by atoms with Gasteiger partial charge in [-0.15, -0.1) is 0 Å². The summed E-state index contributed by atoms with van der Waals surface area (Å²) in [7, 11) is 0. The standard InChI is InChI=1S/C11H13IN2O/c1-7-8(4-13-5-9(7)12)10-14-11(2,3)6-15-10/h4-5H,6H2,1-3H3. The zero-order valence-corrected chi connectivity index (χ0v) is 11.2. The van der Waals surface area contributed by atoms with Gasteiger partial charge in [0.05, 0.1) is 11.1 Å². The van der Waals surface area contributed by atoms with Gasteiger partial charge in [0.2, 0.25) is 5.90 Å². The number of nitrogens with zero attached hydrogens (tertiary/aromatic N) is 2. The number of aromatic nitrogens is 1. The maximum atomic E-state index is 5.60. The van der Waals surface area contributed by atoms with Gasteiger partial charge < -0.3 is 4.74 Å². The van der Waals surface area contributed by atoms with Crippen molar-refractivity contribution in [2.45, 2.75) is 26.3 Å². The second-order valence-corrected chi connectivity index (χ2v) is 5.47. The SMILES string of the molecule is Cc1c(I)cncc1C1=NC(C)(C)CO1. The number of pyridine rings is 1. The van der Waals surface area contributed by atoms with Gasteiger partial charge in [-0.1, -0.05) is 0 Å². The summed E-state index contributed by atoms with van der Waals surface area (Å²) in [6, 6.07) is 0. The average Bonchev–Trinajstić information content (AvgIpc) is 2.51. The zero-order valence-electron chi connectivity index (χ0n) is 9.04. The Balaban J connectivity index is 2.44. The maximum Gasteiger partial charge on any atom is 0.218 e. The number of ether oxygens (including phenoxy) is 1. The first-order valence-corrected chi connectivity index (χ1v) is 5.91. The van der Waals surface area contributed by atoms with Gasteiger partial charge in [0, 0.05) is 16.0 Å². The molecule has 4 heteroatoms. The van der Waals surface area contributed by atoms with Gasteiger partial charge in [-0.25, -0.2) is 4.99 Å². The Morgan fingerprint density at radius 1 is 1.40 bits per heavy atom. The van der Waals surface area contributed by atoms with Crippen LogP contribution in [0.25, 0.3) is 0 Å². The normalized spacial score (nSPS) is 18.5. The summed E-state index contributed by atoms with van der Waals surface area (Å²) < 4.78 is 6.74. The predicted octanol–water partition coefficient (Wildman–Crippen LogP) is 2.55. The fourth-order valence-corrected chi connectivity index (χ4v) is 1.89. The molecule has 0 fully saturated rings. The van der Waals surface area contributed by atoms with Crippen LogP contribution in [0.2, 0.25) is 0 Å². The quantitative estimate of drug-likeness (QED) is 0.746. The first-order chi connectivity index (χ1) is 6.99.